The largest absolute Gasteiger partial charge is 0.462 e. The number of allylic oxidation sites excluding steroid dienone is 1. The molecule has 104 valence electrons. The molecular weight excluding hydrogens is 240 g/mol. The van der Waals surface area contributed by atoms with E-state index < -0.39 is 0 Å². The number of ether oxygens (including phenoxy) is 1. The van der Waals surface area contributed by atoms with E-state index in [9.17, 15) is 9.90 Å². The van der Waals surface area contributed by atoms with Crippen molar-refractivity contribution in [2.75, 3.05) is 6.61 Å². The highest BCUT2D eigenvalue weighted by Gasteiger charge is 2.07. The van der Waals surface area contributed by atoms with Gasteiger partial charge in [0.25, 0.3) is 0 Å². The number of aliphatic hydroxyl groups is 1. The van der Waals surface area contributed by atoms with E-state index in [-0.39, 0.29) is 12.1 Å². The fraction of sp³-hybridized carbons (Fsp3) is 0.438. The maximum absolute atomic E-state index is 11.5. The van der Waals surface area contributed by atoms with E-state index in [2.05, 4.69) is 6.58 Å². The molecule has 1 aromatic carbocycles. The third-order valence-electron chi connectivity index (χ3n) is 2.94. The predicted octanol–water partition coefficient (Wildman–Crippen LogP) is 3.12. The molecule has 0 bridgehead atoms. The lowest BCUT2D eigenvalue weighted by Crippen LogP contribution is -2.08. The van der Waals surface area contributed by atoms with E-state index in [4.69, 9.17) is 4.74 Å². The Bertz CT molecular complexity index is 395. The number of esters is 1. The van der Waals surface area contributed by atoms with Crippen LogP contribution in [0.4, 0.5) is 0 Å². The highest BCUT2D eigenvalue weighted by molar-refractivity contribution is 5.89. The minimum absolute atomic E-state index is 0.289. The predicted molar refractivity (Wildman–Crippen MR) is 76.2 cm³/mol. The summed E-state index contributed by atoms with van der Waals surface area (Å²) < 4.78 is 4.92. The van der Waals surface area contributed by atoms with Crippen molar-refractivity contribution in [3.8, 4) is 0 Å². The van der Waals surface area contributed by atoms with Crippen LogP contribution in [0.25, 0.3) is 0 Å². The minimum atomic E-state index is -0.292. The summed E-state index contributed by atoms with van der Waals surface area (Å²) >= 11 is 0. The molecule has 1 unspecified atom stereocenters. The van der Waals surface area contributed by atoms with Crippen LogP contribution in [0.5, 0.6) is 0 Å². The van der Waals surface area contributed by atoms with Crippen molar-refractivity contribution in [3.05, 3.63) is 48.0 Å². The SMILES string of the molecule is C=CCCC(O)CCc1ccc(C(=O)OCC)cc1. The molecule has 0 amide bonds. The normalized spacial score (nSPS) is 11.9. The van der Waals surface area contributed by atoms with E-state index in [0.29, 0.717) is 12.2 Å². The smallest absolute Gasteiger partial charge is 0.338 e. The average Bonchev–Trinajstić information content (AvgIpc) is 2.43. The van der Waals surface area contributed by atoms with Gasteiger partial charge >= 0.3 is 5.97 Å². The van der Waals surface area contributed by atoms with Crippen molar-refractivity contribution in [3.63, 3.8) is 0 Å². The molecule has 0 aliphatic heterocycles. The Morgan fingerprint density at radius 2 is 2.05 bits per heavy atom. The lowest BCUT2D eigenvalue weighted by molar-refractivity contribution is 0.0526. The van der Waals surface area contributed by atoms with Gasteiger partial charge in [0, 0.05) is 0 Å². The second-order valence-electron chi connectivity index (χ2n) is 4.48. The Morgan fingerprint density at radius 1 is 1.37 bits per heavy atom. The van der Waals surface area contributed by atoms with Gasteiger partial charge in [0.2, 0.25) is 0 Å². The van der Waals surface area contributed by atoms with Gasteiger partial charge in [0.1, 0.15) is 0 Å². The molecule has 1 rings (SSSR count). The number of aryl methyl sites for hydroxylation is 1. The van der Waals surface area contributed by atoms with Gasteiger partial charge in [-0.3, -0.25) is 0 Å². The summed E-state index contributed by atoms with van der Waals surface area (Å²) in [5, 5.41) is 9.73. The zero-order valence-electron chi connectivity index (χ0n) is 11.5. The van der Waals surface area contributed by atoms with Crippen molar-refractivity contribution >= 4 is 5.97 Å². The molecule has 1 N–H and O–H groups in total. The Labute approximate surface area is 114 Å². The highest BCUT2D eigenvalue weighted by Crippen LogP contribution is 2.11. The monoisotopic (exact) mass is 262 g/mol. The first kappa shape index (κ1) is 15.4. The molecule has 19 heavy (non-hydrogen) atoms. The third kappa shape index (κ3) is 5.71. The van der Waals surface area contributed by atoms with Gasteiger partial charge < -0.3 is 9.84 Å². The first-order valence-electron chi connectivity index (χ1n) is 6.72. The maximum Gasteiger partial charge on any atom is 0.338 e. The van der Waals surface area contributed by atoms with Crippen molar-refractivity contribution in [1.82, 2.24) is 0 Å². The van der Waals surface area contributed by atoms with Crippen LogP contribution in [0, 0.1) is 0 Å². The summed E-state index contributed by atoms with van der Waals surface area (Å²) in [6, 6.07) is 7.35. The number of hydrogen-bond donors (Lipinski definition) is 1. The van der Waals surface area contributed by atoms with Crippen molar-refractivity contribution < 1.29 is 14.6 Å². The minimum Gasteiger partial charge on any atom is -0.462 e. The Hall–Kier alpha value is -1.61. The summed E-state index contributed by atoms with van der Waals surface area (Å²) in [6.45, 7) is 5.81. The van der Waals surface area contributed by atoms with Gasteiger partial charge in [-0.25, -0.2) is 4.79 Å². The van der Waals surface area contributed by atoms with Gasteiger partial charge in [-0.2, -0.15) is 0 Å². The fourth-order valence-corrected chi connectivity index (χ4v) is 1.81. The van der Waals surface area contributed by atoms with E-state index in [0.717, 1.165) is 31.2 Å². The van der Waals surface area contributed by atoms with Crippen molar-refractivity contribution in [1.29, 1.82) is 0 Å². The van der Waals surface area contributed by atoms with Crippen LogP contribution in [0.15, 0.2) is 36.9 Å². The second-order valence-corrected chi connectivity index (χ2v) is 4.48. The molecule has 0 fully saturated rings. The molecule has 3 nitrogen and oxygen atoms in total. The van der Waals surface area contributed by atoms with Crippen LogP contribution in [-0.4, -0.2) is 23.8 Å². The number of carbonyl (C=O) groups is 1. The molecule has 1 atom stereocenters. The summed E-state index contributed by atoms with van der Waals surface area (Å²) in [4.78, 5) is 11.5. The third-order valence-corrected chi connectivity index (χ3v) is 2.94. The topological polar surface area (TPSA) is 46.5 Å². The summed E-state index contributed by atoms with van der Waals surface area (Å²) in [6.07, 6.45) is 4.65. The molecule has 0 aliphatic rings. The van der Waals surface area contributed by atoms with Crippen LogP contribution in [0.1, 0.15) is 42.1 Å². The second kappa shape index (κ2) is 8.48. The molecule has 0 aliphatic carbocycles. The van der Waals surface area contributed by atoms with Crippen LogP contribution in [0.2, 0.25) is 0 Å². The van der Waals surface area contributed by atoms with Gasteiger partial charge in [-0.05, 0) is 50.3 Å². The Balaban J connectivity index is 2.43. The Morgan fingerprint density at radius 3 is 2.63 bits per heavy atom. The van der Waals surface area contributed by atoms with Gasteiger partial charge in [0.15, 0.2) is 0 Å². The zero-order chi connectivity index (χ0) is 14.1. The lowest BCUT2D eigenvalue weighted by Gasteiger charge is -2.09. The number of rotatable bonds is 8. The molecule has 3 heteroatoms. The number of aliphatic hydroxyl groups excluding tert-OH is 1. The Kier molecular flexibility index (Phi) is 6.90. The highest BCUT2D eigenvalue weighted by atomic mass is 16.5. The van der Waals surface area contributed by atoms with E-state index in [1.54, 1.807) is 19.1 Å². The van der Waals surface area contributed by atoms with Crippen molar-refractivity contribution in [2.24, 2.45) is 0 Å². The van der Waals surface area contributed by atoms with Crippen LogP contribution in [-0.2, 0) is 11.2 Å². The summed E-state index contributed by atoms with van der Waals surface area (Å²) in [5.41, 5.74) is 1.68. The number of carbonyl (C=O) groups excluding carboxylic acids is 1. The zero-order valence-corrected chi connectivity index (χ0v) is 11.5. The fourth-order valence-electron chi connectivity index (χ4n) is 1.81. The van der Waals surface area contributed by atoms with E-state index >= 15 is 0 Å². The molecular formula is C16H22O3. The molecule has 0 heterocycles. The van der Waals surface area contributed by atoms with Crippen LogP contribution >= 0.6 is 0 Å². The molecule has 0 saturated carbocycles. The first-order chi connectivity index (χ1) is 9.17. The lowest BCUT2D eigenvalue weighted by atomic mass is 10.0. The average molecular weight is 262 g/mol. The quantitative estimate of drug-likeness (QED) is 0.578. The van der Waals surface area contributed by atoms with Gasteiger partial charge in [-0.1, -0.05) is 18.2 Å². The van der Waals surface area contributed by atoms with Crippen molar-refractivity contribution in [2.45, 2.75) is 38.7 Å². The molecule has 0 saturated heterocycles. The summed E-state index contributed by atoms with van der Waals surface area (Å²) in [5.74, 6) is -0.292. The molecule has 1 aromatic rings. The van der Waals surface area contributed by atoms with Crippen LogP contribution in [0.3, 0.4) is 0 Å². The van der Waals surface area contributed by atoms with E-state index in [1.807, 2.05) is 18.2 Å². The standard InChI is InChI=1S/C16H22O3/c1-3-5-6-15(17)12-9-13-7-10-14(11-8-13)16(18)19-4-2/h3,7-8,10-11,15,17H,1,4-6,9,12H2,2H3. The van der Waals surface area contributed by atoms with E-state index in [1.165, 1.54) is 0 Å². The van der Waals surface area contributed by atoms with Gasteiger partial charge in [-0.15, -0.1) is 6.58 Å². The number of hydrogen-bond acceptors (Lipinski definition) is 3. The van der Waals surface area contributed by atoms with Crippen LogP contribution < -0.4 is 0 Å². The first-order valence-corrected chi connectivity index (χ1v) is 6.72. The summed E-state index contributed by atoms with van der Waals surface area (Å²) in [7, 11) is 0. The number of benzene rings is 1. The molecule has 0 radical (unpaired) electrons. The maximum atomic E-state index is 11.5. The molecule has 0 spiro atoms. The van der Waals surface area contributed by atoms with Gasteiger partial charge in [0.05, 0.1) is 18.3 Å². The molecule has 0 aromatic heterocycles.